The second kappa shape index (κ2) is 5.79. The van der Waals surface area contributed by atoms with Gasteiger partial charge in [0.25, 0.3) is 5.69 Å². The van der Waals surface area contributed by atoms with Crippen LogP contribution >= 0.6 is 0 Å². The van der Waals surface area contributed by atoms with Crippen molar-refractivity contribution in [2.45, 2.75) is 45.7 Å². The Morgan fingerprint density at radius 3 is 2.57 bits per heavy atom. The summed E-state index contributed by atoms with van der Waals surface area (Å²) in [6.45, 7) is 7.34. The maximum Gasteiger partial charge on any atom is 0.287 e. The van der Waals surface area contributed by atoms with Crippen LogP contribution < -0.4 is 4.90 Å². The van der Waals surface area contributed by atoms with Crippen LogP contribution in [0.3, 0.4) is 0 Å². The molecule has 7 heteroatoms. The van der Waals surface area contributed by atoms with Crippen LogP contribution in [0.2, 0.25) is 0 Å². The van der Waals surface area contributed by atoms with Crippen LogP contribution in [-0.2, 0) is 4.79 Å². The molecule has 0 radical (unpaired) electrons. The first-order valence-corrected chi connectivity index (χ1v) is 8.06. The van der Waals surface area contributed by atoms with E-state index in [1.807, 2.05) is 11.8 Å². The molecule has 1 saturated heterocycles. The number of aryl methyl sites for hydroxylation is 1. The van der Waals surface area contributed by atoms with Crippen LogP contribution in [0.4, 0.5) is 11.5 Å². The van der Waals surface area contributed by atoms with Crippen LogP contribution in [-0.4, -0.2) is 45.9 Å². The monoisotopic (exact) mass is 318 g/mol. The predicted octanol–water partition coefficient (Wildman–Crippen LogP) is 2.13. The van der Waals surface area contributed by atoms with Gasteiger partial charge in [-0.3, -0.25) is 14.9 Å². The van der Waals surface area contributed by atoms with E-state index < -0.39 is 4.92 Å². The van der Waals surface area contributed by atoms with Crippen molar-refractivity contribution in [3.05, 3.63) is 27.9 Å². The lowest BCUT2D eigenvalue weighted by molar-refractivity contribution is -0.385. The number of pyridine rings is 1. The lowest BCUT2D eigenvalue weighted by Gasteiger charge is -2.45. The largest absolute Gasteiger partial charge is 0.350 e. The molecule has 1 amide bonds. The fraction of sp³-hybridized carbons (Fsp3) is 0.625. The molecule has 2 heterocycles. The number of carbonyl (C=O) groups excluding carboxylic acids is 1. The number of anilines is 1. The van der Waals surface area contributed by atoms with Gasteiger partial charge in [-0.2, -0.15) is 0 Å². The van der Waals surface area contributed by atoms with Gasteiger partial charge in [-0.05, 0) is 39.2 Å². The summed E-state index contributed by atoms with van der Waals surface area (Å²) < 4.78 is 0. The van der Waals surface area contributed by atoms with Crippen LogP contribution in [0, 0.1) is 23.0 Å². The van der Waals surface area contributed by atoms with Crippen molar-refractivity contribution < 1.29 is 9.72 Å². The molecule has 23 heavy (non-hydrogen) atoms. The summed E-state index contributed by atoms with van der Waals surface area (Å²) in [5.74, 6) is 1.28. The van der Waals surface area contributed by atoms with Gasteiger partial charge in [-0.1, -0.05) is 0 Å². The summed E-state index contributed by atoms with van der Waals surface area (Å²) >= 11 is 0. The highest BCUT2D eigenvalue weighted by Gasteiger charge is 2.39. The highest BCUT2D eigenvalue weighted by Crippen LogP contribution is 2.34. The molecule has 2 fully saturated rings. The average molecular weight is 318 g/mol. The number of carbonyl (C=O) groups is 1. The molecule has 0 N–H and O–H groups in total. The maximum atomic E-state index is 12.4. The summed E-state index contributed by atoms with van der Waals surface area (Å²) in [7, 11) is 0. The van der Waals surface area contributed by atoms with Crippen molar-refractivity contribution in [3.8, 4) is 0 Å². The Bertz CT molecular complexity index is 644. The van der Waals surface area contributed by atoms with Crippen molar-refractivity contribution in [1.29, 1.82) is 0 Å². The van der Waals surface area contributed by atoms with Gasteiger partial charge in [0.2, 0.25) is 5.91 Å². The van der Waals surface area contributed by atoms with E-state index in [-0.39, 0.29) is 29.6 Å². The highest BCUT2D eigenvalue weighted by atomic mass is 16.6. The van der Waals surface area contributed by atoms with Gasteiger partial charge in [-0.15, -0.1) is 0 Å². The first-order valence-electron chi connectivity index (χ1n) is 8.06. The molecule has 1 saturated carbocycles. The van der Waals surface area contributed by atoms with Crippen LogP contribution in [0.25, 0.3) is 0 Å². The molecule has 3 rings (SSSR count). The zero-order valence-electron chi connectivity index (χ0n) is 13.7. The summed E-state index contributed by atoms with van der Waals surface area (Å²) in [5.41, 5.74) is 0.801. The third-order valence-corrected chi connectivity index (χ3v) is 4.71. The number of aromatic nitrogens is 1. The van der Waals surface area contributed by atoms with Gasteiger partial charge in [0, 0.05) is 37.2 Å². The number of hydrogen-bond acceptors (Lipinski definition) is 5. The minimum atomic E-state index is -0.428. The van der Waals surface area contributed by atoms with E-state index in [4.69, 9.17) is 0 Å². The standard InChI is InChI=1S/C16H22N4O3/c1-10-6-14(20(22)23)7-17-15(10)18-8-12(3)19(9-11(18)2)16(21)13-4-5-13/h6-7,11-13H,4-5,8-9H2,1-3H3/t11-,12+/m1/s1. The van der Waals surface area contributed by atoms with Crippen molar-refractivity contribution in [2.75, 3.05) is 18.0 Å². The van der Waals surface area contributed by atoms with E-state index in [2.05, 4.69) is 23.7 Å². The Hall–Kier alpha value is -2.18. The Morgan fingerprint density at radius 2 is 2.00 bits per heavy atom. The van der Waals surface area contributed by atoms with Gasteiger partial charge in [0.15, 0.2) is 0 Å². The normalized spacial score (nSPS) is 24.7. The van der Waals surface area contributed by atoms with Gasteiger partial charge < -0.3 is 9.80 Å². The van der Waals surface area contributed by atoms with E-state index in [9.17, 15) is 14.9 Å². The molecule has 0 bridgehead atoms. The van der Waals surface area contributed by atoms with E-state index >= 15 is 0 Å². The number of rotatable bonds is 3. The van der Waals surface area contributed by atoms with Crippen molar-refractivity contribution in [1.82, 2.24) is 9.88 Å². The fourth-order valence-electron chi connectivity index (χ4n) is 3.25. The van der Waals surface area contributed by atoms with Crippen molar-refractivity contribution in [2.24, 2.45) is 5.92 Å². The molecular weight excluding hydrogens is 296 g/mol. The molecule has 0 spiro atoms. The smallest absolute Gasteiger partial charge is 0.287 e. The second-order valence-corrected chi connectivity index (χ2v) is 6.71. The van der Waals surface area contributed by atoms with Crippen molar-refractivity contribution >= 4 is 17.4 Å². The molecule has 7 nitrogen and oxygen atoms in total. The van der Waals surface area contributed by atoms with E-state index in [1.54, 1.807) is 6.07 Å². The summed E-state index contributed by atoms with van der Waals surface area (Å²) in [4.78, 5) is 31.2. The highest BCUT2D eigenvalue weighted by molar-refractivity contribution is 5.81. The first-order chi connectivity index (χ1) is 10.9. The number of hydrogen-bond donors (Lipinski definition) is 0. The number of piperazine rings is 1. The number of amides is 1. The molecule has 2 aliphatic rings. The summed E-state index contributed by atoms with van der Waals surface area (Å²) in [6, 6.07) is 1.82. The van der Waals surface area contributed by atoms with E-state index in [0.29, 0.717) is 13.1 Å². The van der Waals surface area contributed by atoms with Crippen molar-refractivity contribution in [3.63, 3.8) is 0 Å². The molecular formula is C16H22N4O3. The fourth-order valence-corrected chi connectivity index (χ4v) is 3.25. The molecule has 1 aromatic rings. The SMILES string of the molecule is Cc1cc([N+](=O)[O-])cnc1N1C[C@H](C)N(C(=O)C2CC2)C[C@H]1C. The zero-order chi connectivity index (χ0) is 16.7. The van der Waals surface area contributed by atoms with Gasteiger partial charge in [0.1, 0.15) is 12.0 Å². The number of nitrogens with zero attached hydrogens (tertiary/aromatic N) is 4. The minimum absolute atomic E-state index is 0.00880. The zero-order valence-corrected chi connectivity index (χ0v) is 13.7. The van der Waals surface area contributed by atoms with Crippen LogP contribution in [0.15, 0.2) is 12.3 Å². The Kier molecular flexibility index (Phi) is 3.95. The molecule has 1 aromatic heterocycles. The minimum Gasteiger partial charge on any atom is -0.350 e. The lowest BCUT2D eigenvalue weighted by Crippen LogP contribution is -2.58. The third-order valence-electron chi connectivity index (χ3n) is 4.71. The van der Waals surface area contributed by atoms with Gasteiger partial charge >= 0.3 is 0 Å². The molecule has 2 atom stereocenters. The molecule has 1 aliphatic heterocycles. The van der Waals surface area contributed by atoms with Gasteiger partial charge in [0.05, 0.1) is 4.92 Å². The summed E-state index contributed by atoms with van der Waals surface area (Å²) in [6.07, 6.45) is 3.34. The van der Waals surface area contributed by atoms with Gasteiger partial charge in [-0.25, -0.2) is 4.98 Å². The lowest BCUT2D eigenvalue weighted by atomic mass is 10.1. The number of nitro groups is 1. The molecule has 124 valence electrons. The van der Waals surface area contributed by atoms with E-state index in [1.165, 1.54) is 6.20 Å². The molecule has 0 unspecified atom stereocenters. The Morgan fingerprint density at radius 1 is 1.30 bits per heavy atom. The topological polar surface area (TPSA) is 79.6 Å². The second-order valence-electron chi connectivity index (χ2n) is 6.71. The maximum absolute atomic E-state index is 12.4. The third kappa shape index (κ3) is 3.00. The van der Waals surface area contributed by atoms with Crippen LogP contribution in [0.1, 0.15) is 32.3 Å². The Labute approximate surface area is 135 Å². The van der Waals surface area contributed by atoms with Crippen LogP contribution in [0.5, 0.6) is 0 Å². The van der Waals surface area contributed by atoms with E-state index in [0.717, 1.165) is 24.2 Å². The summed E-state index contributed by atoms with van der Waals surface area (Å²) in [5, 5.41) is 10.9. The first kappa shape index (κ1) is 15.7. The molecule has 0 aromatic carbocycles. The Balaban J connectivity index is 1.79. The quantitative estimate of drug-likeness (QED) is 0.630. The average Bonchev–Trinajstić information content (AvgIpc) is 3.33. The molecule has 1 aliphatic carbocycles. The predicted molar refractivity (Wildman–Crippen MR) is 86.3 cm³/mol.